The van der Waals surface area contributed by atoms with E-state index in [-0.39, 0.29) is 50.2 Å². The highest BCUT2D eigenvalue weighted by Crippen LogP contribution is 2.17. The number of hydrogen-bond acceptors (Lipinski definition) is 9. The molecule has 1 fully saturated rings. The van der Waals surface area contributed by atoms with Crippen LogP contribution < -0.4 is 21.7 Å². The van der Waals surface area contributed by atoms with Gasteiger partial charge in [-0.15, -0.1) is 0 Å². The van der Waals surface area contributed by atoms with Crippen LogP contribution in [-0.4, -0.2) is 99.5 Å². The molecule has 7 N–H and O–H groups in total. The minimum atomic E-state index is -1.43. The van der Waals surface area contributed by atoms with Gasteiger partial charge < -0.3 is 36.7 Å². The Morgan fingerprint density at radius 3 is 1.43 bits per heavy atom. The first-order chi connectivity index (χ1) is 25.2. The predicted molar refractivity (Wildman–Crippen MR) is 199 cm³/mol. The lowest BCUT2D eigenvalue weighted by Crippen LogP contribution is -2.48. The predicted octanol–water partition coefficient (Wildman–Crippen LogP) is 3.54. The quantitative estimate of drug-likeness (QED) is 0.0543. The maximum Gasteiger partial charge on any atom is 0.326 e. The number of aliphatic carboxylic acids is 2. The fourth-order valence-electron chi connectivity index (χ4n) is 6.45. The molecule has 302 valence electrons. The number of likely N-dealkylation sites (tertiary alicyclic amines) is 1. The molecule has 0 spiro atoms. The Bertz CT molecular complexity index is 1200. The zero-order valence-corrected chi connectivity index (χ0v) is 32.0. The van der Waals surface area contributed by atoms with Crippen molar-refractivity contribution in [3.05, 3.63) is 0 Å². The van der Waals surface area contributed by atoms with Crippen LogP contribution in [0.4, 0.5) is 0 Å². The highest BCUT2D eigenvalue weighted by atomic mass is 16.4. The van der Waals surface area contributed by atoms with Gasteiger partial charge in [-0.2, -0.15) is 0 Å². The van der Waals surface area contributed by atoms with E-state index in [1.165, 1.54) is 51.9 Å². The summed E-state index contributed by atoms with van der Waals surface area (Å²) in [5, 5.41) is 26.4. The molecule has 1 heterocycles. The molecule has 15 heteroatoms. The van der Waals surface area contributed by atoms with Crippen molar-refractivity contribution in [3.63, 3.8) is 0 Å². The van der Waals surface area contributed by atoms with Crippen molar-refractivity contribution in [3.8, 4) is 0 Å². The number of rotatable bonds is 32. The number of hydrogen-bond donors (Lipinski definition) is 6. The number of carboxylic acid groups (broad SMARTS) is 2. The van der Waals surface area contributed by atoms with E-state index in [9.17, 15) is 48.6 Å². The van der Waals surface area contributed by atoms with E-state index in [2.05, 4.69) is 16.0 Å². The molecule has 0 radical (unpaired) electrons. The van der Waals surface area contributed by atoms with Crippen molar-refractivity contribution in [1.29, 1.82) is 0 Å². The van der Waals surface area contributed by atoms with Gasteiger partial charge >= 0.3 is 11.9 Å². The summed E-state index contributed by atoms with van der Waals surface area (Å²) in [6.07, 6.45) is 16.4. The van der Waals surface area contributed by atoms with E-state index in [0.29, 0.717) is 25.8 Å². The number of ketones is 2. The maximum atomic E-state index is 12.6. The molecule has 0 aromatic rings. The summed E-state index contributed by atoms with van der Waals surface area (Å²) in [7, 11) is 0. The van der Waals surface area contributed by atoms with Crippen LogP contribution in [0, 0.1) is 0 Å². The summed E-state index contributed by atoms with van der Waals surface area (Å²) in [6.45, 7) is 3.61. The Kier molecular flexibility index (Phi) is 24.6. The van der Waals surface area contributed by atoms with Gasteiger partial charge in [0.2, 0.25) is 23.6 Å². The zero-order valence-electron chi connectivity index (χ0n) is 32.0. The van der Waals surface area contributed by atoms with Crippen LogP contribution in [0.1, 0.15) is 155 Å². The van der Waals surface area contributed by atoms with E-state index in [1.54, 1.807) is 11.8 Å². The van der Waals surface area contributed by atoms with Gasteiger partial charge in [0.15, 0.2) is 5.78 Å². The average Bonchev–Trinajstić information content (AvgIpc) is 3.56. The number of unbranched alkanes of at least 4 members (excludes halogenated alkanes) is 13. The molecule has 15 nitrogen and oxygen atoms in total. The third kappa shape index (κ3) is 22.7. The van der Waals surface area contributed by atoms with Crippen LogP contribution in [0.2, 0.25) is 0 Å². The van der Waals surface area contributed by atoms with E-state index < -0.39 is 59.7 Å². The Balaban J connectivity index is 2.23. The second-order valence-corrected chi connectivity index (χ2v) is 14.4. The van der Waals surface area contributed by atoms with Crippen molar-refractivity contribution in [2.45, 2.75) is 179 Å². The van der Waals surface area contributed by atoms with Crippen LogP contribution in [0.3, 0.4) is 0 Å². The molecule has 1 rings (SSSR count). The summed E-state index contributed by atoms with van der Waals surface area (Å²) >= 11 is 0. The number of nitrogens with zero attached hydrogens (tertiary/aromatic N) is 1. The van der Waals surface area contributed by atoms with Crippen LogP contribution >= 0.6 is 0 Å². The highest BCUT2D eigenvalue weighted by Gasteiger charge is 2.32. The molecule has 0 aromatic carbocycles. The Morgan fingerprint density at radius 1 is 0.623 bits per heavy atom. The van der Waals surface area contributed by atoms with Crippen molar-refractivity contribution in [1.82, 2.24) is 20.9 Å². The third-order valence-corrected chi connectivity index (χ3v) is 9.68. The Morgan fingerprint density at radius 2 is 1.02 bits per heavy atom. The van der Waals surface area contributed by atoms with E-state index >= 15 is 0 Å². The second-order valence-electron chi connectivity index (χ2n) is 14.4. The molecule has 0 aliphatic carbocycles. The summed E-state index contributed by atoms with van der Waals surface area (Å²) in [5.41, 5.74) is 5.38. The molecule has 0 unspecified atom stereocenters. The zero-order chi connectivity index (χ0) is 39.6. The van der Waals surface area contributed by atoms with Gasteiger partial charge in [-0.05, 0) is 58.9 Å². The monoisotopic (exact) mass is 751 g/mol. The largest absolute Gasteiger partial charge is 0.480 e. The topological polar surface area (TPSA) is 242 Å². The van der Waals surface area contributed by atoms with Gasteiger partial charge in [0.1, 0.15) is 17.9 Å². The van der Waals surface area contributed by atoms with E-state index in [0.717, 1.165) is 44.9 Å². The first kappa shape index (κ1) is 47.1. The summed E-state index contributed by atoms with van der Waals surface area (Å²) < 4.78 is 0. The van der Waals surface area contributed by atoms with Crippen molar-refractivity contribution >= 4 is 47.1 Å². The van der Waals surface area contributed by atoms with Crippen molar-refractivity contribution in [2.75, 3.05) is 13.1 Å². The van der Waals surface area contributed by atoms with Crippen molar-refractivity contribution in [2.24, 2.45) is 5.73 Å². The lowest BCUT2D eigenvalue weighted by Gasteiger charge is -2.23. The molecular formula is C38H65N5O10. The van der Waals surface area contributed by atoms with Crippen molar-refractivity contribution < 1.29 is 48.6 Å². The normalized spacial score (nSPS) is 15.9. The minimum absolute atomic E-state index is 0.0606. The third-order valence-electron chi connectivity index (χ3n) is 9.68. The molecule has 4 atom stereocenters. The molecule has 1 aliphatic heterocycles. The number of carbonyl (C=O) groups excluding carboxylic acids is 6. The molecule has 0 saturated carbocycles. The number of carboxylic acids is 2. The molecule has 1 aliphatic rings. The summed E-state index contributed by atoms with van der Waals surface area (Å²) in [5.74, 6) is -5.02. The first-order valence-electron chi connectivity index (χ1n) is 19.6. The van der Waals surface area contributed by atoms with Gasteiger partial charge in [0.25, 0.3) is 0 Å². The van der Waals surface area contributed by atoms with E-state index in [1.807, 2.05) is 0 Å². The first-order valence-corrected chi connectivity index (χ1v) is 19.6. The molecule has 53 heavy (non-hydrogen) atoms. The van der Waals surface area contributed by atoms with Crippen LogP contribution in [0.5, 0.6) is 0 Å². The molecule has 1 saturated heterocycles. The van der Waals surface area contributed by atoms with Gasteiger partial charge in [-0.3, -0.25) is 28.9 Å². The van der Waals surface area contributed by atoms with Gasteiger partial charge in [-0.25, -0.2) is 9.59 Å². The number of Topliss-reactive ketones (excluding diaryl/α,β-unsaturated/α-hetero) is 2. The fraction of sp³-hybridized carbons (Fsp3) is 0.789. The molecule has 0 aromatic heterocycles. The van der Waals surface area contributed by atoms with Crippen LogP contribution in [-0.2, 0) is 38.4 Å². The smallest absolute Gasteiger partial charge is 0.326 e. The number of amides is 4. The standard InChI is InChI=1S/C38H65N5O10/c1-27(44)18-15-13-11-9-7-5-3-4-6-8-10-12-14-16-20-33(46)41-29(37(50)51)22-24-35(48)42-30(38(52)53)21-23-34(47)40-28(2)32(45)26-43-25-17-19-31(43)36(39)49/h28-31H,3-26H2,1-2H3,(H2,39,49)(H,40,47)(H,41,46)(H,42,48)(H,50,51)(H,52,53)/t28-,29-,30-,31-/m0/s1. The highest BCUT2D eigenvalue weighted by molar-refractivity contribution is 5.91. The Labute approximate surface area is 314 Å². The van der Waals surface area contributed by atoms with Crippen LogP contribution in [0.25, 0.3) is 0 Å². The minimum Gasteiger partial charge on any atom is -0.480 e. The van der Waals surface area contributed by atoms with Gasteiger partial charge in [-0.1, -0.05) is 77.0 Å². The maximum absolute atomic E-state index is 12.6. The van der Waals surface area contributed by atoms with Gasteiger partial charge in [0, 0.05) is 25.7 Å². The Hall–Kier alpha value is -3.88. The second kappa shape index (κ2) is 27.7. The lowest BCUT2D eigenvalue weighted by atomic mass is 10.0. The van der Waals surface area contributed by atoms with Crippen LogP contribution in [0.15, 0.2) is 0 Å². The summed E-state index contributed by atoms with van der Waals surface area (Å²) in [6, 6.07) is -4.16. The van der Waals surface area contributed by atoms with Gasteiger partial charge in [0.05, 0.1) is 18.6 Å². The average molecular weight is 752 g/mol. The fourth-order valence-corrected chi connectivity index (χ4v) is 6.45. The molecular weight excluding hydrogens is 686 g/mol. The number of nitrogens with one attached hydrogen (secondary N) is 3. The SMILES string of the molecule is CC(=O)CCCCCCCCCCCCCCCCC(=O)N[C@@H](CCC(=O)N[C@@H](CCC(=O)N[C@@H](C)C(=O)CN1CCC[C@H]1C(N)=O)C(=O)O)C(=O)O. The summed E-state index contributed by atoms with van der Waals surface area (Å²) in [4.78, 5) is 97.5. The lowest BCUT2D eigenvalue weighted by molar-refractivity contribution is -0.143. The molecule has 4 amide bonds. The molecule has 0 bridgehead atoms. The number of carbonyl (C=O) groups is 8. The number of nitrogens with two attached hydrogens (primary N) is 1. The van der Waals surface area contributed by atoms with E-state index in [4.69, 9.17) is 5.73 Å². The number of primary amides is 1.